The Labute approximate surface area is 114 Å². The summed E-state index contributed by atoms with van der Waals surface area (Å²) < 4.78 is 5.50. The Balaban J connectivity index is 2.18. The molecule has 0 bridgehead atoms. The summed E-state index contributed by atoms with van der Waals surface area (Å²) in [6.45, 7) is 0. The molecule has 7 heteroatoms. The first kappa shape index (κ1) is 13.3. The Morgan fingerprint density at radius 3 is 2.45 bits per heavy atom. The maximum Gasteiger partial charge on any atom is 0.335 e. The van der Waals surface area contributed by atoms with Gasteiger partial charge in [0.25, 0.3) is 0 Å². The fourth-order valence-corrected chi connectivity index (χ4v) is 1.51. The topological polar surface area (TPSA) is 127 Å². The second-order valence-corrected chi connectivity index (χ2v) is 3.85. The van der Waals surface area contributed by atoms with E-state index < -0.39 is 5.97 Å². The van der Waals surface area contributed by atoms with E-state index in [0.717, 1.165) is 5.56 Å². The standard InChI is InChI=1S/C13H12N4O3/c14-13(15)17-16-7-10-5-6-11(20-10)8-1-3-9(4-2-8)12(18)19/h1-7H,(H,18,19)(H4,14,15,17)/b16-7+. The second-order valence-electron chi connectivity index (χ2n) is 3.85. The van der Waals surface area contributed by atoms with Crippen LogP contribution in [0.3, 0.4) is 0 Å². The van der Waals surface area contributed by atoms with Gasteiger partial charge in [0.15, 0.2) is 0 Å². The number of carboxylic acid groups (broad SMARTS) is 1. The third-order valence-corrected chi connectivity index (χ3v) is 2.40. The van der Waals surface area contributed by atoms with Crippen molar-refractivity contribution in [1.29, 1.82) is 0 Å². The number of benzene rings is 1. The molecule has 0 atom stereocenters. The van der Waals surface area contributed by atoms with Gasteiger partial charge in [0, 0.05) is 5.56 Å². The van der Waals surface area contributed by atoms with E-state index in [4.69, 9.17) is 21.0 Å². The number of guanidine groups is 1. The molecule has 0 unspecified atom stereocenters. The van der Waals surface area contributed by atoms with E-state index in [-0.39, 0.29) is 11.5 Å². The maximum atomic E-state index is 10.8. The molecule has 102 valence electrons. The van der Waals surface area contributed by atoms with Crippen LogP contribution in [0.15, 0.2) is 51.0 Å². The zero-order chi connectivity index (χ0) is 14.5. The van der Waals surface area contributed by atoms with E-state index >= 15 is 0 Å². The van der Waals surface area contributed by atoms with Gasteiger partial charge in [0.1, 0.15) is 11.5 Å². The molecule has 0 saturated carbocycles. The van der Waals surface area contributed by atoms with Gasteiger partial charge in [-0.1, -0.05) is 12.1 Å². The van der Waals surface area contributed by atoms with E-state index in [1.165, 1.54) is 18.3 Å². The Bertz CT molecular complexity index is 667. The second kappa shape index (κ2) is 5.70. The van der Waals surface area contributed by atoms with Crippen LogP contribution >= 0.6 is 0 Å². The zero-order valence-corrected chi connectivity index (χ0v) is 10.4. The van der Waals surface area contributed by atoms with Crippen LogP contribution in [0, 0.1) is 0 Å². The molecule has 5 N–H and O–H groups in total. The third-order valence-electron chi connectivity index (χ3n) is 2.40. The van der Waals surface area contributed by atoms with Crippen molar-refractivity contribution in [2.24, 2.45) is 21.7 Å². The van der Waals surface area contributed by atoms with Crippen LogP contribution in [0.1, 0.15) is 16.1 Å². The van der Waals surface area contributed by atoms with E-state index in [2.05, 4.69) is 10.2 Å². The van der Waals surface area contributed by atoms with Crippen LogP contribution in [-0.2, 0) is 0 Å². The van der Waals surface area contributed by atoms with Crippen molar-refractivity contribution in [2.45, 2.75) is 0 Å². The van der Waals surface area contributed by atoms with Crippen LogP contribution in [-0.4, -0.2) is 23.2 Å². The summed E-state index contributed by atoms with van der Waals surface area (Å²) in [6.07, 6.45) is 1.37. The number of nitrogens with zero attached hydrogens (tertiary/aromatic N) is 2. The van der Waals surface area contributed by atoms with Gasteiger partial charge in [-0.05, 0) is 24.3 Å². The van der Waals surface area contributed by atoms with E-state index in [1.54, 1.807) is 24.3 Å². The summed E-state index contributed by atoms with van der Waals surface area (Å²) in [5.74, 6) is -0.0428. The lowest BCUT2D eigenvalue weighted by atomic mass is 10.1. The Hall–Kier alpha value is -3.09. The molecule has 0 fully saturated rings. The van der Waals surface area contributed by atoms with Gasteiger partial charge in [-0.2, -0.15) is 5.10 Å². The summed E-state index contributed by atoms with van der Waals surface area (Å²) in [5, 5.41) is 15.9. The molecule has 1 aromatic heterocycles. The summed E-state index contributed by atoms with van der Waals surface area (Å²) in [4.78, 5) is 10.8. The Kier molecular flexibility index (Phi) is 3.80. The van der Waals surface area contributed by atoms with Gasteiger partial charge < -0.3 is 21.0 Å². The Morgan fingerprint density at radius 2 is 1.85 bits per heavy atom. The smallest absolute Gasteiger partial charge is 0.335 e. The van der Waals surface area contributed by atoms with Crippen LogP contribution < -0.4 is 11.5 Å². The van der Waals surface area contributed by atoms with Crippen molar-refractivity contribution in [3.8, 4) is 11.3 Å². The minimum Gasteiger partial charge on any atom is -0.478 e. The van der Waals surface area contributed by atoms with E-state index in [1.807, 2.05) is 0 Å². The predicted octanol–water partition coefficient (Wildman–Crippen LogP) is 1.25. The SMILES string of the molecule is NC(N)=N/N=C/c1ccc(-c2ccc(C(=O)O)cc2)o1. The van der Waals surface area contributed by atoms with Gasteiger partial charge in [-0.15, -0.1) is 5.10 Å². The molecule has 0 radical (unpaired) electrons. The average Bonchev–Trinajstić information content (AvgIpc) is 2.87. The highest BCUT2D eigenvalue weighted by Gasteiger charge is 2.06. The lowest BCUT2D eigenvalue weighted by Crippen LogP contribution is -2.21. The molecule has 2 aromatic rings. The van der Waals surface area contributed by atoms with Gasteiger partial charge in [0.2, 0.25) is 5.96 Å². The van der Waals surface area contributed by atoms with Crippen molar-refractivity contribution in [2.75, 3.05) is 0 Å². The largest absolute Gasteiger partial charge is 0.478 e. The summed E-state index contributed by atoms with van der Waals surface area (Å²) in [5.41, 5.74) is 11.2. The van der Waals surface area contributed by atoms with Crippen molar-refractivity contribution < 1.29 is 14.3 Å². The molecule has 0 aliphatic rings. The van der Waals surface area contributed by atoms with E-state index in [9.17, 15) is 4.79 Å². The van der Waals surface area contributed by atoms with Crippen LogP contribution in [0.25, 0.3) is 11.3 Å². The highest BCUT2D eigenvalue weighted by atomic mass is 16.4. The number of nitrogens with two attached hydrogens (primary N) is 2. The molecular weight excluding hydrogens is 260 g/mol. The number of hydrogen-bond donors (Lipinski definition) is 3. The van der Waals surface area contributed by atoms with Gasteiger partial charge in [0.05, 0.1) is 11.8 Å². The zero-order valence-electron chi connectivity index (χ0n) is 10.4. The van der Waals surface area contributed by atoms with Crippen LogP contribution in [0.5, 0.6) is 0 Å². The number of carbonyl (C=O) groups is 1. The van der Waals surface area contributed by atoms with Crippen molar-refractivity contribution in [1.82, 2.24) is 0 Å². The molecule has 7 nitrogen and oxygen atoms in total. The predicted molar refractivity (Wildman–Crippen MR) is 74.5 cm³/mol. The lowest BCUT2D eigenvalue weighted by Gasteiger charge is -1.97. The normalized spacial score (nSPS) is 10.6. The summed E-state index contributed by atoms with van der Waals surface area (Å²) in [6, 6.07) is 9.79. The highest BCUT2D eigenvalue weighted by Crippen LogP contribution is 2.22. The highest BCUT2D eigenvalue weighted by molar-refractivity contribution is 5.88. The monoisotopic (exact) mass is 272 g/mol. The third kappa shape index (κ3) is 3.22. The molecule has 0 spiro atoms. The fraction of sp³-hybridized carbons (Fsp3) is 0. The summed E-state index contributed by atoms with van der Waals surface area (Å²) in [7, 11) is 0. The van der Waals surface area contributed by atoms with E-state index in [0.29, 0.717) is 11.5 Å². The lowest BCUT2D eigenvalue weighted by molar-refractivity contribution is 0.0697. The fourth-order valence-electron chi connectivity index (χ4n) is 1.51. The first-order valence-corrected chi connectivity index (χ1v) is 5.62. The van der Waals surface area contributed by atoms with Crippen molar-refractivity contribution in [3.63, 3.8) is 0 Å². The van der Waals surface area contributed by atoms with Gasteiger partial charge in [-0.3, -0.25) is 0 Å². The van der Waals surface area contributed by atoms with Crippen LogP contribution in [0.4, 0.5) is 0 Å². The molecule has 0 saturated heterocycles. The molecule has 0 aliphatic heterocycles. The van der Waals surface area contributed by atoms with Gasteiger partial charge in [-0.25, -0.2) is 4.79 Å². The molecule has 1 aromatic carbocycles. The molecule has 0 aliphatic carbocycles. The van der Waals surface area contributed by atoms with Crippen LogP contribution in [0.2, 0.25) is 0 Å². The number of furan rings is 1. The average molecular weight is 272 g/mol. The first-order valence-electron chi connectivity index (χ1n) is 5.62. The molecule has 20 heavy (non-hydrogen) atoms. The van der Waals surface area contributed by atoms with Crippen molar-refractivity contribution in [3.05, 3.63) is 47.7 Å². The molecule has 2 rings (SSSR count). The maximum absolute atomic E-state index is 10.8. The minimum atomic E-state index is -0.971. The molecule has 0 amide bonds. The van der Waals surface area contributed by atoms with Crippen molar-refractivity contribution >= 4 is 18.1 Å². The summed E-state index contributed by atoms with van der Waals surface area (Å²) >= 11 is 0. The minimum absolute atomic E-state index is 0.141. The number of rotatable bonds is 4. The molecule has 1 heterocycles. The number of aromatic carboxylic acids is 1. The number of hydrogen-bond acceptors (Lipinski definition) is 4. The number of carboxylic acids is 1. The first-order chi connectivity index (χ1) is 9.56. The quantitative estimate of drug-likeness (QED) is 0.438. The van der Waals surface area contributed by atoms with Gasteiger partial charge >= 0.3 is 5.97 Å². The molecular formula is C13H12N4O3. The Morgan fingerprint density at radius 1 is 1.15 bits per heavy atom.